The summed E-state index contributed by atoms with van der Waals surface area (Å²) in [6.07, 6.45) is -8.64. The molecule has 3 aromatic rings. The van der Waals surface area contributed by atoms with Crippen molar-refractivity contribution in [3.8, 4) is 0 Å². The van der Waals surface area contributed by atoms with Gasteiger partial charge in [0.05, 0.1) is 17.9 Å². The zero-order valence-electron chi connectivity index (χ0n) is 19.2. The summed E-state index contributed by atoms with van der Waals surface area (Å²) in [6, 6.07) is 2.52. The average Bonchev–Trinajstić information content (AvgIpc) is 3.23. The highest BCUT2D eigenvalue weighted by Crippen LogP contribution is 2.35. The van der Waals surface area contributed by atoms with Crippen LogP contribution in [0.25, 0.3) is 0 Å². The zero-order valence-corrected chi connectivity index (χ0v) is 19.2. The Balaban J connectivity index is 1.47. The van der Waals surface area contributed by atoms with Crippen LogP contribution < -0.4 is 15.5 Å². The first-order valence-corrected chi connectivity index (χ1v) is 10.6. The second kappa shape index (κ2) is 8.95. The molecule has 36 heavy (non-hydrogen) atoms. The van der Waals surface area contributed by atoms with Crippen LogP contribution in [0.1, 0.15) is 35.3 Å². The van der Waals surface area contributed by atoms with E-state index in [9.17, 15) is 31.1 Å². The first-order chi connectivity index (χ1) is 16.7. The number of fused-ring (bicyclic) bond motifs is 1. The standard InChI is InChI=1S/C21H20F6N8O/c1-10-16-17(34(3)11(2)18(36)31-16)32-19(30-10)29-8-12-4-5-13(28-7-12)9-35-15(21(25,26)27)6-14(33-35)20(22,23)24/h4-7,11H,8-9H2,1-3H3,(H,31,36)(H,29,30,32). The van der Waals surface area contributed by atoms with Gasteiger partial charge in [0.2, 0.25) is 11.9 Å². The SMILES string of the molecule is Cc1nc(NCc2ccc(Cn3nc(C(F)(F)F)cc3C(F)(F)F)nc2)nc2c1NC(=O)C(C)N2C. The van der Waals surface area contributed by atoms with E-state index in [-0.39, 0.29) is 34.8 Å². The topological polar surface area (TPSA) is 101 Å². The summed E-state index contributed by atoms with van der Waals surface area (Å²) in [4.78, 5) is 26.6. The van der Waals surface area contributed by atoms with Crippen molar-refractivity contribution < 1.29 is 31.1 Å². The van der Waals surface area contributed by atoms with Crippen molar-refractivity contribution in [2.75, 3.05) is 22.6 Å². The molecule has 1 atom stereocenters. The highest BCUT2D eigenvalue weighted by atomic mass is 19.4. The van der Waals surface area contributed by atoms with Crippen molar-refractivity contribution in [1.82, 2.24) is 24.7 Å². The number of hydrogen-bond donors (Lipinski definition) is 2. The molecule has 0 saturated heterocycles. The molecular weight excluding hydrogens is 494 g/mol. The normalized spacial score (nSPS) is 16.1. The van der Waals surface area contributed by atoms with Crippen LogP contribution in [0.4, 0.5) is 43.8 Å². The number of amides is 1. The first kappa shape index (κ1) is 25.2. The third-order valence-corrected chi connectivity index (χ3v) is 5.62. The third-order valence-electron chi connectivity index (χ3n) is 5.62. The van der Waals surface area contributed by atoms with E-state index in [1.54, 1.807) is 31.9 Å². The Kier molecular flexibility index (Phi) is 6.26. The van der Waals surface area contributed by atoms with Gasteiger partial charge in [-0.05, 0) is 25.5 Å². The van der Waals surface area contributed by atoms with Crippen LogP contribution >= 0.6 is 0 Å². The molecule has 3 aromatic heterocycles. The summed E-state index contributed by atoms with van der Waals surface area (Å²) in [5.74, 6) is 0.663. The van der Waals surface area contributed by atoms with E-state index in [1.807, 2.05) is 0 Å². The minimum Gasteiger partial charge on any atom is -0.350 e. The quantitative estimate of drug-likeness (QED) is 0.499. The number of aryl methyl sites for hydroxylation is 1. The minimum atomic E-state index is -5.01. The molecule has 0 fully saturated rings. The summed E-state index contributed by atoms with van der Waals surface area (Å²) < 4.78 is 78.4. The fourth-order valence-electron chi connectivity index (χ4n) is 3.52. The predicted molar refractivity (Wildman–Crippen MR) is 116 cm³/mol. The number of nitrogens with zero attached hydrogens (tertiary/aromatic N) is 6. The van der Waals surface area contributed by atoms with E-state index in [2.05, 4.69) is 30.7 Å². The van der Waals surface area contributed by atoms with Crippen molar-refractivity contribution >= 4 is 23.4 Å². The van der Waals surface area contributed by atoms with Crippen LogP contribution in [0.2, 0.25) is 0 Å². The van der Waals surface area contributed by atoms with Crippen molar-refractivity contribution in [3.05, 3.63) is 52.7 Å². The molecule has 4 heterocycles. The summed E-state index contributed by atoms with van der Waals surface area (Å²) in [5, 5.41) is 8.87. The zero-order chi connectivity index (χ0) is 26.4. The number of aromatic nitrogens is 5. The molecular formula is C21H20F6N8O. The summed E-state index contributed by atoms with van der Waals surface area (Å²) in [6.45, 7) is 3.08. The monoisotopic (exact) mass is 514 g/mol. The van der Waals surface area contributed by atoms with Crippen molar-refractivity contribution in [3.63, 3.8) is 0 Å². The van der Waals surface area contributed by atoms with E-state index in [1.165, 1.54) is 12.3 Å². The molecule has 0 saturated carbocycles. The number of rotatable bonds is 5. The molecule has 1 unspecified atom stereocenters. The van der Waals surface area contributed by atoms with Gasteiger partial charge in [0, 0.05) is 25.9 Å². The Hall–Kier alpha value is -3.91. The van der Waals surface area contributed by atoms with Gasteiger partial charge in [-0.15, -0.1) is 0 Å². The molecule has 4 rings (SSSR count). The second-order valence-corrected chi connectivity index (χ2v) is 8.19. The van der Waals surface area contributed by atoms with Crippen LogP contribution in [-0.4, -0.2) is 43.7 Å². The third kappa shape index (κ3) is 5.04. The number of anilines is 3. The van der Waals surface area contributed by atoms with E-state index in [0.717, 1.165) is 0 Å². The highest BCUT2D eigenvalue weighted by molar-refractivity contribution is 6.03. The molecule has 0 radical (unpaired) electrons. The van der Waals surface area contributed by atoms with Crippen molar-refractivity contribution in [2.24, 2.45) is 0 Å². The van der Waals surface area contributed by atoms with Crippen LogP contribution in [0.5, 0.6) is 0 Å². The van der Waals surface area contributed by atoms with Crippen molar-refractivity contribution in [2.45, 2.75) is 45.3 Å². The fraction of sp³-hybridized carbons (Fsp3) is 0.381. The number of carbonyl (C=O) groups is 1. The number of nitrogens with one attached hydrogen (secondary N) is 2. The Morgan fingerprint density at radius 3 is 2.44 bits per heavy atom. The van der Waals surface area contributed by atoms with Crippen LogP contribution in [0.3, 0.4) is 0 Å². The van der Waals surface area contributed by atoms with Gasteiger partial charge in [0.25, 0.3) is 0 Å². The maximum Gasteiger partial charge on any atom is 0.435 e. The first-order valence-electron chi connectivity index (χ1n) is 10.6. The maximum absolute atomic E-state index is 13.2. The van der Waals surface area contributed by atoms with Gasteiger partial charge in [0.1, 0.15) is 17.4 Å². The molecule has 9 nitrogen and oxygen atoms in total. The molecule has 192 valence electrons. The summed E-state index contributed by atoms with van der Waals surface area (Å²) >= 11 is 0. The molecule has 0 bridgehead atoms. The van der Waals surface area contributed by atoms with Gasteiger partial charge in [-0.2, -0.15) is 36.4 Å². The lowest BCUT2D eigenvalue weighted by molar-refractivity contribution is -0.144. The number of alkyl halides is 6. The highest BCUT2D eigenvalue weighted by Gasteiger charge is 2.42. The minimum absolute atomic E-state index is 0.0253. The second-order valence-electron chi connectivity index (χ2n) is 8.19. The molecule has 0 aromatic carbocycles. The number of likely N-dealkylation sites (N-methyl/N-ethyl adjacent to an activating group) is 1. The van der Waals surface area contributed by atoms with Gasteiger partial charge in [-0.3, -0.25) is 14.5 Å². The smallest absolute Gasteiger partial charge is 0.350 e. The van der Waals surface area contributed by atoms with E-state index < -0.39 is 36.3 Å². The number of hydrogen-bond acceptors (Lipinski definition) is 7. The number of pyridine rings is 1. The Morgan fingerprint density at radius 1 is 1.11 bits per heavy atom. The van der Waals surface area contributed by atoms with E-state index >= 15 is 0 Å². The predicted octanol–water partition coefficient (Wildman–Crippen LogP) is 3.85. The Labute approximate surface area is 200 Å². The Bertz CT molecular complexity index is 1290. The van der Waals surface area contributed by atoms with Gasteiger partial charge in [0.15, 0.2) is 11.5 Å². The average molecular weight is 514 g/mol. The largest absolute Gasteiger partial charge is 0.435 e. The molecule has 0 spiro atoms. The van der Waals surface area contributed by atoms with E-state index in [0.29, 0.717) is 22.8 Å². The molecule has 1 aliphatic rings. The maximum atomic E-state index is 13.2. The molecule has 0 aliphatic carbocycles. The van der Waals surface area contributed by atoms with Gasteiger partial charge in [-0.1, -0.05) is 6.07 Å². The Morgan fingerprint density at radius 2 is 1.83 bits per heavy atom. The number of carbonyl (C=O) groups excluding carboxylic acids is 1. The van der Waals surface area contributed by atoms with E-state index in [4.69, 9.17) is 0 Å². The summed E-state index contributed by atoms with van der Waals surface area (Å²) in [5.41, 5.74) is -1.36. The van der Waals surface area contributed by atoms with Gasteiger partial charge >= 0.3 is 12.4 Å². The molecule has 1 aliphatic heterocycles. The van der Waals surface area contributed by atoms with Crippen LogP contribution in [0, 0.1) is 6.92 Å². The lowest BCUT2D eigenvalue weighted by Gasteiger charge is -2.32. The molecule has 15 heteroatoms. The lowest BCUT2D eigenvalue weighted by atomic mass is 10.2. The van der Waals surface area contributed by atoms with Gasteiger partial charge < -0.3 is 15.5 Å². The van der Waals surface area contributed by atoms with Crippen molar-refractivity contribution in [1.29, 1.82) is 0 Å². The molecule has 1 amide bonds. The number of halogens is 6. The fourth-order valence-corrected chi connectivity index (χ4v) is 3.52. The molecule has 2 N–H and O–H groups in total. The van der Waals surface area contributed by atoms with Gasteiger partial charge in [-0.25, -0.2) is 4.98 Å². The van der Waals surface area contributed by atoms with Crippen LogP contribution in [-0.2, 0) is 30.2 Å². The lowest BCUT2D eigenvalue weighted by Crippen LogP contribution is -2.44. The summed E-state index contributed by atoms with van der Waals surface area (Å²) in [7, 11) is 1.74. The van der Waals surface area contributed by atoms with Crippen LogP contribution in [0.15, 0.2) is 24.4 Å².